The Balaban J connectivity index is 5.47. The topological polar surface area (TPSA) is 77.5 Å². The highest BCUT2D eigenvalue weighted by molar-refractivity contribution is 6.23. The van der Waals surface area contributed by atoms with Crippen LogP contribution in [-0.2, 0) is 23.9 Å². The number of carbonyl (C=O) groups is 4. The molecule has 0 fully saturated rings. The van der Waals surface area contributed by atoms with Crippen LogP contribution in [0.15, 0.2) is 0 Å². The summed E-state index contributed by atoms with van der Waals surface area (Å²) < 4.78 is 4.41. The van der Waals surface area contributed by atoms with Crippen LogP contribution in [0.25, 0.3) is 0 Å². The number of methoxy groups -OCH3 is 1. The van der Waals surface area contributed by atoms with Gasteiger partial charge in [-0.2, -0.15) is 0 Å². The van der Waals surface area contributed by atoms with Crippen molar-refractivity contribution in [2.24, 2.45) is 5.41 Å². The molecule has 0 aromatic carbocycles. The Hall–Kier alpha value is -1.52. The van der Waals surface area contributed by atoms with E-state index in [0.29, 0.717) is 0 Å². The third-order valence-corrected chi connectivity index (χ3v) is 2.25. The largest absolute Gasteiger partial charge is 0.468 e. The van der Waals surface area contributed by atoms with Gasteiger partial charge in [0, 0.05) is 6.42 Å². The lowest BCUT2D eigenvalue weighted by atomic mass is 9.76. The number of hydrogen-bond acceptors (Lipinski definition) is 5. The molecule has 0 aliphatic heterocycles. The van der Waals surface area contributed by atoms with E-state index in [1.807, 2.05) is 0 Å². The summed E-state index contributed by atoms with van der Waals surface area (Å²) in [5.41, 5.74) is -1.96. The Labute approximate surface area is 87.8 Å². The Morgan fingerprint density at radius 3 is 1.60 bits per heavy atom. The highest BCUT2D eigenvalue weighted by Gasteiger charge is 2.50. The van der Waals surface area contributed by atoms with Crippen molar-refractivity contribution in [1.29, 1.82) is 0 Å². The SMILES string of the molecule is COC(=O)C(CC(C)=O)(C(C)=O)C(C)=O. The predicted molar refractivity (Wildman–Crippen MR) is 51.1 cm³/mol. The van der Waals surface area contributed by atoms with Crippen LogP contribution in [0.1, 0.15) is 27.2 Å². The van der Waals surface area contributed by atoms with Crippen molar-refractivity contribution in [3.05, 3.63) is 0 Å². The summed E-state index contributed by atoms with van der Waals surface area (Å²) >= 11 is 0. The first-order chi connectivity index (χ1) is 6.78. The molecule has 0 radical (unpaired) electrons. The molecule has 0 aliphatic carbocycles. The summed E-state index contributed by atoms with van der Waals surface area (Å²) in [5, 5.41) is 0. The van der Waals surface area contributed by atoms with E-state index in [2.05, 4.69) is 4.74 Å². The van der Waals surface area contributed by atoms with Gasteiger partial charge in [0.2, 0.25) is 0 Å². The van der Waals surface area contributed by atoms with Crippen LogP contribution < -0.4 is 0 Å². The maximum absolute atomic E-state index is 11.4. The molecule has 0 rings (SSSR count). The quantitative estimate of drug-likeness (QED) is 0.486. The minimum absolute atomic E-state index is 0.411. The average molecular weight is 214 g/mol. The summed E-state index contributed by atoms with van der Waals surface area (Å²) in [6.45, 7) is 3.41. The van der Waals surface area contributed by atoms with Gasteiger partial charge in [0.1, 0.15) is 5.78 Å². The number of carbonyl (C=O) groups excluding carboxylic acids is 4. The van der Waals surface area contributed by atoms with Crippen LogP contribution in [-0.4, -0.2) is 30.4 Å². The molecule has 5 nitrogen and oxygen atoms in total. The summed E-state index contributed by atoms with van der Waals surface area (Å²) in [6.07, 6.45) is -0.440. The highest BCUT2D eigenvalue weighted by Crippen LogP contribution is 2.27. The van der Waals surface area contributed by atoms with E-state index in [1.54, 1.807) is 0 Å². The van der Waals surface area contributed by atoms with E-state index in [1.165, 1.54) is 6.92 Å². The van der Waals surface area contributed by atoms with Gasteiger partial charge in [0.25, 0.3) is 0 Å². The van der Waals surface area contributed by atoms with Gasteiger partial charge in [-0.05, 0) is 20.8 Å². The second-order valence-electron chi connectivity index (χ2n) is 3.39. The number of hydrogen-bond donors (Lipinski definition) is 0. The van der Waals surface area contributed by atoms with Gasteiger partial charge in [0.05, 0.1) is 7.11 Å². The highest BCUT2D eigenvalue weighted by atomic mass is 16.5. The molecule has 0 bridgehead atoms. The van der Waals surface area contributed by atoms with Crippen LogP contribution >= 0.6 is 0 Å². The average Bonchev–Trinajstić information content (AvgIpc) is 2.11. The second kappa shape index (κ2) is 4.82. The van der Waals surface area contributed by atoms with Gasteiger partial charge < -0.3 is 4.74 Å². The molecule has 5 heteroatoms. The van der Waals surface area contributed by atoms with E-state index in [9.17, 15) is 19.2 Å². The number of ketones is 3. The molecular formula is C10H14O5. The van der Waals surface area contributed by atoms with E-state index in [4.69, 9.17) is 0 Å². The van der Waals surface area contributed by atoms with Gasteiger partial charge in [-0.3, -0.25) is 19.2 Å². The number of ether oxygens (including phenoxy) is 1. The molecule has 15 heavy (non-hydrogen) atoms. The number of rotatable bonds is 5. The van der Waals surface area contributed by atoms with Crippen LogP contribution in [0.4, 0.5) is 0 Å². The number of Topliss-reactive ketones (excluding diaryl/α,β-unsaturated/α-hetero) is 3. The molecule has 0 atom stereocenters. The van der Waals surface area contributed by atoms with Crippen molar-refractivity contribution in [2.45, 2.75) is 27.2 Å². The predicted octanol–water partition coefficient (Wildman–Crippen LogP) is 0.303. The Morgan fingerprint density at radius 2 is 1.40 bits per heavy atom. The fourth-order valence-electron chi connectivity index (χ4n) is 1.40. The van der Waals surface area contributed by atoms with Crippen LogP contribution in [0.3, 0.4) is 0 Å². The smallest absolute Gasteiger partial charge is 0.327 e. The molecule has 0 N–H and O–H groups in total. The Morgan fingerprint density at radius 1 is 1.00 bits per heavy atom. The van der Waals surface area contributed by atoms with Crippen molar-refractivity contribution in [3.8, 4) is 0 Å². The van der Waals surface area contributed by atoms with Gasteiger partial charge in [-0.25, -0.2) is 0 Å². The first-order valence-electron chi connectivity index (χ1n) is 4.39. The summed E-state index contributed by atoms with van der Waals surface area (Å²) in [6, 6.07) is 0. The van der Waals surface area contributed by atoms with Gasteiger partial charge >= 0.3 is 5.97 Å². The van der Waals surface area contributed by atoms with Crippen LogP contribution in [0.2, 0.25) is 0 Å². The van der Waals surface area contributed by atoms with E-state index in [-0.39, 0.29) is 0 Å². The molecule has 0 aromatic rings. The second-order valence-corrected chi connectivity index (χ2v) is 3.39. The maximum atomic E-state index is 11.4. The number of esters is 1. The molecule has 0 saturated carbocycles. The normalized spacial score (nSPS) is 10.7. The molecule has 84 valence electrons. The van der Waals surface area contributed by atoms with Crippen LogP contribution in [0.5, 0.6) is 0 Å². The monoisotopic (exact) mass is 214 g/mol. The first kappa shape index (κ1) is 13.5. The standard InChI is InChI=1S/C10H14O5/c1-6(11)5-10(7(2)12,8(3)13)9(14)15-4/h5H2,1-4H3. The van der Waals surface area contributed by atoms with Gasteiger partial charge in [-0.1, -0.05) is 0 Å². The van der Waals surface area contributed by atoms with Crippen molar-refractivity contribution in [2.75, 3.05) is 7.11 Å². The van der Waals surface area contributed by atoms with Crippen molar-refractivity contribution in [3.63, 3.8) is 0 Å². The molecule has 0 heterocycles. The van der Waals surface area contributed by atoms with Crippen LogP contribution in [0, 0.1) is 5.41 Å². The van der Waals surface area contributed by atoms with Crippen molar-refractivity contribution in [1.82, 2.24) is 0 Å². The zero-order valence-corrected chi connectivity index (χ0v) is 9.25. The third kappa shape index (κ3) is 2.49. The Kier molecular flexibility index (Phi) is 4.33. The van der Waals surface area contributed by atoms with E-state index in [0.717, 1.165) is 21.0 Å². The molecule has 0 aliphatic rings. The zero-order valence-electron chi connectivity index (χ0n) is 9.25. The summed E-state index contributed by atoms with van der Waals surface area (Å²) in [4.78, 5) is 45.2. The molecule has 0 aromatic heterocycles. The Bertz CT molecular complexity index is 302. The van der Waals surface area contributed by atoms with Gasteiger partial charge in [0.15, 0.2) is 17.0 Å². The lowest BCUT2D eigenvalue weighted by molar-refractivity contribution is -0.163. The minimum Gasteiger partial charge on any atom is -0.468 e. The summed E-state index contributed by atoms with van der Waals surface area (Å²) in [7, 11) is 1.07. The molecule has 0 spiro atoms. The molecule has 0 amide bonds. The van der Waals surface area contributed by atoms with E-state index >= 15 is 0 Å². The summed E-state index contributed by atoms with van der Waals surface area (Å²) in [5.74, 6) is -2.72. The van der Waals surface area contributed by atoms with Gasteiger partial charge in [-0.15, -0.1) is 0 Å². The van der Waals surface area contributed by atoms with E-state index < -0.39 is 35.2 Å². The molecular weight excluding hydrogens is 200 g/mol. The first-order valence-corrected chi connectivity index (χ1v) is 4.39. The fourth-order valence-corrected chi connectivity index (χ4v) is 1.40. The lowest BCUT2D eigenvalue weighted by Gasteiger charge is -2.23. The fraction of sp³-hybridized carbons (Fsp3) is 0.600. The zero-order chi connectivity index (χ0) is 12.2. The van der Waals surface area contributed by atoms with Crippen molar-refractivity contribution >= 4 is 23.3 Å². The minimum atomic E-state index is -1.96. The molecule has 0 saturated heterocycles. The maximum Gasteiger partial charge on any atom is 0.327 e. The molecule has 0 unspecified atom stereocenters. The van der Waals surface area contributed by atoms with Crippen molar-refractivity contribution < 1.29 is 23.9 Å². The third-order valence-electron chi connectivity index (χ3n) is 2.25. The lowest BCUT2D eigenvalue weighted by Crippen LogP contribution is -2.46.